The van der Waals surface area contributed by atoms with Crippen LogP contribution < -0.4 is 21.7 Å². The van der Waals surface area contributed by atoms with Crippen molar-refractivity contribution in [3.8, 4) is 5.75 Å². The number of nitrogens with two attached hydrogens (primary N) is 1. The van der Waals surface area contributed by atoms with E-state index in [0.29, 0.717) is 0 Å². The minimum Gasteiger partial charge on any atom is -0.508 e. The number of benzene rings is 1. The molecule has 12 heteroatoms. The number of rotatable bonds is 11. The normalized spacial score (nSPS) is 14.7. The molecule has 0 aliphatic carbocycles. The third-order valence-electron chi connectivity index (χ3n) is 4.09. The summed E-state index contributed by atoms with van der Waals surface area (Å²) in [7, 11) is 0. The number of carboxylic acids is 1. The van der Waals surface area contributed by atoms with Crippen LogP contribution in [-0.4, -0.2) is 69.6 Å². The van der Waals surface area contributed by atoms with Crippen molar-refractivity contribution in [2.24, 2.45) is 5.73 Å². The van der Waals surface area contributed by atoms with Crippen molar-refractivity contribution >= 4 is 48.9 Å². The third-order valence-corrected chi connectivity index (χ3v) is 4.82. The SMILES string of the molecule is CC(NC(=O)C(CS)NC(=O)C(CS)NC(=O)C(N)Cc1ccc(O)cc1)C(=O)O. The lowest BCUT2D eigenvalue weighted by Crippen LogP contribution is -2.58. The maximum Gasteiger partial charge on any atom is 0.325 e. The van der Waals surface area contributed by atoms with E-state index < -0.39 is 47.9 Å². The van der Waals surface area contributed by atoms with Crippen LogP contribution in [0.4, 0.5) is 0 Å². The molecule has 30 heavy (non-hydrogen) atoms. The van der Waals surface area contributed by atoms with Crippen LogP contribution in [0.1, 0.15) is 12.5 Å². The first kappa shape index (κ1) is 25.6. The molecule has 10 nitrogen and oxygen atoms in total. The van der Waals surface area contributed by atoms with E-state index in [1.54, 1.807) is 12.1 Å². The van der Waals surface area contributed by atoms with E-state index in [-0.39, 0.29) is 23.7 Å². The second-order valence-corrected chi connectivity index (χ2v) is 7.26. The lowest BCUT2D eigenvalue weighted by molar-refractivity contribution is -0.141. The maximum absolute atomic E-state index is 12.4. The molecule has 0 saturated carbocycles. The quantitative estimate of drug-likeness (QED) is 0.190. The number of amides is 3. The highest BCUT2D eigenvalue weighted by Gasteiger charge is 2.28. The number of hydrogen-bond acceptors (Lipinski definition) is 8. The summed E-state index contributed by atoms with van der Waals surface area (Å²) in [6.07, 6.45) is 0.182. The van der Waals surface area contributed by atoms with Crippen LogP contribution in [0, 0.1) is 0 Å². The first-order chi connectivity index (χ1) is 14.1. The summed E-state index contributed by atoms with van der Waals surface area (Å²) >= 11 is 8.05. The van der Waals surface area contributed by atoms with Gasteiger partial charge in [0, 0.05) is 11.5 Å². The highest BCUT2D eigenvalue weighted by atomic mass is 32.1. The number of phenolic OH excluding ortho intramolecular Hbond substituents is 1. The Balaban J connectivity index is 2.67. The van der Waals surface area contributed by atoms with Crippen molar-refractivity contribution in [3.63, 3.8) is 0 Å². The van der Waals surface area contributed by atoms with Gasteiger partial charge in [0.2, 0.25) is 17.7 Å². The molecule has 1 aromatic carbocycles. The minimum atomic E-state index is -1.23. The lowest BCUT2D eigenvalue weighted by atomic mass is 10.1. The number of phenols is 1. The number of nitrogens with one attached hydrogen (secondary N) is 3. The number of aromatic hydroxyl groups is 1. The van der Waals surface area contributed by atoms with E-state index in [4.69, 9.17) is 10.8 Å². The van der Waals surface area contributed by atoms with Gasteiger partial charge in [-0.2, -0.15) is 25.3 Å². The summed E-state index contributed by atoms with van der Waals surface area (Å²) in [5.41, 5.74) is 6.61. The summed E-state index contributed by atoms with van der Waals surface area (Å²) in [6.45, 7) is 1.28. The number of carboxylic acid groups (broad SMARTS) is 1. The summed E-state index contributed by atoms with van der Waals surface area (Å²) in [6, 6.07) is 1.92. The zero-order valence-corrected chi connectivity index (χ0v) is 18.0. The Bertz CT molecular complexity index is 762. The van der Waals surface area contributed by atoms with Crippen LogP contribution in [0.5, 0.6) is 5.75 Å². The molecule has 1 aromatic rings. The highest BCUT2D eigenvalue weighted by Crippen LogP contribution is 2.11. The molecule has 0 aliphatic heterocycles. The van der Waals surface area contributed by atoms with Crippen LogP contribution >= 0.6 is 25.3 Å². The molecular formula is C18H26N4O6S2. The Kier molecular flexibility index (Phi) is 10.5. The molecule has 0 aliphatic rings. The molecule has 0 bridgehead atoms. The summed E-state index contributed by atoms with van der Waals surface area (Å²) in [5, 5.41) is 25.3. The fourth-order valence-electron chi connectivity index (χ4n) is 2.29. The highest BCUT2D eigenvalue weighted by molar-refractivity contribution is 7.80. The van der Waals surface area contributed by atoms with Crippen molar-refractivity contribution in [3.05, 3.63) is 29.8 Å². The predicted octanol–water partition coefficient (Wildman–Crippen LogP) is -1.32. The third kappa shape index (κ3) is 8.13. The number of carbonyl (C=O) groups is 4. The van der Waals surface area contributed by atoms with Crippen molar-refractivity contribution in [1.29, 1.82) is 0 Å². The Morgan fingerprint density at radius 3 is 1.87 bits per heavy atom. The Morgan fingerprint density at radius 1 is 0.933 bits per heavy atom. The minimum absolute atomic E-state index is 0.0596. The van der Waals surface area contributed by atoms with Gasteiger partial charge in [0.15, 0.2) is 0 Å². The molecule has 0 fully saturated rings. The Hall–Kier alpha value is -2.44. The molecule has 4 unspecified atom stereocenters. The summed E-state index contributed by atoms with van der Waals surface area (Å²) in [5.74, 6) is -3.29. The number of thiol groups is 2. The van der Waals surface area contributed by atoms with E-state index in [1.807, 2.05) is 0 Å². The van der Waals surface area contributed by atoms with Gasteiger partial charge in [-0.15, -0.1) is 0 Å². The monoisotopic (exact) mass is 458 g/mol. The van der Waals surface area contributed by atoms with E-state index in [2.05, 4.69) is 41.2 Å². The standard InChI is InChI=1S/C18H26N4O6S2/c1-9(18(27)28)20-16(25)13(7-29)22-17(26)14(8-30)21-15(24)12(19)6-10-2-4-11(23)5-3-10/h2-5,9,12-14,23,29-30H,6-8,19H2,1H3,(H,20,25)(H,21,24)(H,22,26)(H,27,28). The van der Waals surface area contributed by atoms with Gasteiger partial charge in [-0.05, 0) is 31.0 Å². The summed E-state index contributed by atoms with van der Waals surface area (Å²) < 4.78 is 0. The number of hydrogen-bond donors (Lipinski definition) is 8. The average molecular weight is 459 g/mol. The maximum atomic E-state index is 12.4. The average Bonchev–Trinajstić information content (AvgIpc) is 2.70. The molecule has 0 spiro atoms. The van der Waals surface area contributed by atoms with Crippen LogP contribution in [-0.2, 0) is 25.6 Å². The van der Waals surface area contributed by atoms with Gasteiger partial charge in [0.05, 0.1) is 6.04 Å². The lowest BCUT2D eigenvalue weighted by Gasteiger charge is -2.23. The summed E-state index contributed by atoms with van der Waals surface area (Å²) in [4.78, 5) is 47.7. The van der Waals surface area contributed by atoms with Crippen molar-refractivity contribution in [2.75, 3.05) is 11.5 Å². The van der Waals surface area contributed by atoms with Crippen LogP contribution in [0.15, 0.2) is 24.3 Å². The van der Waals surface area contributed by atoms with Gasteiger partial charge in [0.25, 0.3) is 0 Å². The molecule has 0 heterocycles. The van der Waals surface area contributed by atoms with E-state index >= 15 is 0 Å². The second-order valence-electron chi connectivity index (χ2n) is 6.53. The predicted molar refractivity (Wildman–Crippen MR) is 117 cm³/mol. The molecular weight excluding hydrogens is 432 g/mol. The van der Waals surface area contributed by atoms with Crippen LogP contribution in [0.2, 0.25) is 0 Å². The van der Waals surface area contributed by atoms with E-state index in [1.165, 1.54) is 19.1 Å². The van der Waals surface area contributed by atoms with Gasteiger partial charge in [-0.1, -0.05) is 12.1 Å². The smallest absolute Gasteiger partial charge is 0.325 e. The van der Waals surface area contributed by atoms with Crippen molar-refractivity contribution in [1.82, 2.24) is 16.0 Å². The molecule has 7 N–H and O–H groups in total. The Morgan fingerprint density at radius 2 is 1.40 bits per heavy atom. The topological polar surface area (TPSA) is 171 Å². The van der Waals surface area contributed by atoms with Crippen LogP contribution in [0.3, 0.4) is 0 Å². The van der Waals surface area contributed by atoms with Gasteiger partial charge in [-0.25, -0.2) is 0 Å². The number of aliphatic carboxylic acids is 1. The molecule has 166 valence electrons. The van der Waals surface area contributed by atoms with E-state index in [0.717, 1.165) is 5.56 Å². The molecule has 1 rings (SSSR count). The van der Waals surface area contributed by atoms with Crippen molar-refractivity contribution < 1.29 is 29.4 Å². The van der Waals surface area contributed by atoms with Gasteiger partial charge in [0.1, 0.15) is 23.9 Å². The molecule has 0 saturated heterocycles. The second kappa shape index (κ2) is 12.3. The fourth-order valence-corrected chi connectivity index (χ4v) is 2.81. The molecule has 4 atom stereocenters. The largest absolute Gasteiger partial charge is 0.508 e. The van der Waals surface area contributed by atoms with Gasteiger partial charge in [-0.3, -0.25) is 19.2 Å². The van der Waals surface area contributed by atoms with Gasteiger partial charge < -0.3 is 31.9 Å². The fraction of sp³-hybridized carbons (Fsp3) is 0.444. The molecule has 3 amide bonds. The molecule has 0 radical (unpaired) electrons. The van der Waals surface area contributed by atoms with Crippen molar-refractivity contribution in [2.45, 2.75) is 37.5 Å². The Labute approximate surface area is 184 Å². The first-order valence-electron chi connectivity index (χ1n) is 8.98. The molecule has 0 aromatic heterocycles. The zero-order valence-electron chi connectivity index (χ0n) is 16.2. The van der Waals surface area contributed by atoms with Gasteiger partial charge >= 0.3 is 5.97 Å². The number of carbonyl (C=O) groups excluding carboxylic acids is 3. The zero-order chi connectivity index (χ0) is 22.8. The van der Waals surface area contributed by atoms with E-state index in [9.17, 15) is 24.3 Å². The van der Waals surface area contributed by atoms with Crippen LogP contribution in [0.25, 0.3) is 0 Å². The first-order valence-corrected chi connectivity index (χ1v) is 10.2.